The zero-order valence-electron chi connectivity index (χ0n) is 15.4. The lowest BCUT2D eigenvalue weighted by Crippen LogP contribution is -2.46. The molecular formula is C21H20N2O5. The number of nitrogens with zero attached hydrogens (tertiary/aromatic N) is 1. The summed E-state index contributed by atoms with van der Waals surface area (Å²) in [6.07, 6.45) is -0.240. The number of carbonyl (C=O) groups excluding carboxylic acids is 3. The largest absolute Gasteiger partial charge is 0.496 e. The zero-order chi connectivity index (χ0) is 19.7. The van der Waals surface area contributed by atoms with Gasteiger partial charge in [-0.3, -0.25) is 14.5 Å². The number of amides is 2. The molecule has 0 saturated carbocycles. The predicted molar refractivity (Wildman–Crippen MR) is 99.3 cm³/mol. The van der Waals surface area contributed by atoms with E-state index < -0.39 is 18.2 Å². The maximum absolute atomic E-state index is 12.8. The summed E-state index contributed by atoms with van der Waals surface area (Å²) >= 11 is 0. The van der Waals surface area contributed by atoms with Gasteiger partial charge in [-0.1, -0.05) is 36.4 Å². The number of hydrogen-bond donors (Lipinski definition) is 1. The van der Waals surface area contributed by atoms with Crippen molar-refractivity contribution in [2.24, 2.45) is 0 Å². The van der Waals surface area contributed by atoms with Gasteiger partial charge in [0.2, 0.25) is 18.0 Å². The van der Waals surface area contributed by atoms with Crippen LogP contribution >= 0.6 is 0 Å². The quantitative estimate of drug-likeness (QED) is 0.804. The summed E-state index contributed by atoms with van der Waals surface area (Å²) in [6.45, 7) is 0.280. The van der Waals surface area contributed by atoms with Crippen LogP contribution in [0.3, 0.4) is 0 Å². The lowest BCUT2D eigenvalue weighted by atomic mass is 10.1. The molecule has 0 unspecified atom stereocenters. The van der Waals surface area contributed by atoms with E-state index in [1.807, 2.05) is 24.3 Å². The van der Waals surface area contributed by atoms with Crippen LogP contribution in [0.1, 0.15) is 40.6 Å². The number of rotatable bonds is 5. The van der Waals surface area contributed by atoms with Gasteiger partial charge in [-0.2, -0.15) is 0 Å². The van der Waals surface area contributed by atoms with Gasteiger partial charge >= 0.3 is 5.97 Å². The molecule has 0 aromatic heterocycles. The van der Waals surface area contributed by atoms with Crippen molar-refractivity contribution in [1.29, 1.82) is 0 Å². The topological polar surface area (TPSA) is 84.9 Å². The fraction of sp³-hybridized carbons (Fsp3) is 0.286. The van der Waals surface area contributed by atoms with Crippen LogP contribution in [0.4, 0.5) is 0 Å². The Hall–Kier alpha value is -3.35. The standard InChI is InChI=1S/C21H20N2O5/c1-27-17-9-5-2-6-13(17)12-22-19(25)16-10-11-18(24)23(16)20-14-7-3-4-8-15(14)21(26)28-20/h2-9,16,20H,10-12H2,1H3,(H,22,25)/t16-,20-/m0/s1. The maximum Gasteiger partial charge on any atom is 0.340 e. The molecule has 7 nitrogen and oxygen atoms in total. The van der Waals surface area contributed by atoms with Gasteiger partial charge in [-0.15, -0.1) is 0 Å². The summed E-state index contributed by atoms with van der Waals surface area (Å²) in [6, 6.07) is 13.7. The predicted octanol–water partition coefficient (Wildman–Crippen LogP) is 2.17. The van der Waals surface area contributed by atoms with Gasteiger partial charge in [0.1, 0.15) is 11.8 Å². The van der Waals surface area contributed by atoms with Gasteiger partial charge in [0.25, 0.3) is 0 Å². The molecule has 2 aromatic carbocycles. The first-order chi connectivity index (χ1) is 13.6. The fourth-order valence-corrected chi connectivity index (χ4v) is 3.74. The molecule has 7 heteroatoms. The minimum Gasteiger partial charge on any atom is -0.496 e. The van der Waals surface area contributed by atoms with Gasteiger partial charge in [-0.05, 0) is 18.6 Å². The number of hydrogen-bond acceptors (Lipinski definition) is 5. The number of fused-ring (bicyclic) bond motifs is 1. The molecule has 0 radical (unpaired) electrons. The number of likely N-dealkylation sites (tertiary alicyclic amines) is 1. The van der Waals surface area contributed by atoms with Crippen LogP contribution in [0.25, 0.3) is 0 Å². The first kappa shape index (κ1) is 18.0. The summed E-state index contributed by atoms with van der Waals surface area (Å²) in [5, 5.41) is 2.87. The number of esters is 1. The summed E-state index contributed by atoms with van der Waals surface area (Å²) < 4.78 is 10.7. The second kappa shape index (κ2) is 7.34. The van der Waals surface area contributed by atoms with Crippen molar-refractivity contribution in [3.05, 3.63) is 65.2 Å². The Kier molecular flexibility index (Phi) is 4.73. The Morgan fingerprint density at radius 1 is 1.18 bits per heavy atom. The van der Waals surface area contributed by atoms with E-state index >= 15 is 0 Å². The molecule has 0 spiro atoms. The highest BCUT2D eigenvalue weighted by molar-refractivity contribution is 5.96. The van der Waals surface area contributed by atoms with Gasteiger partial charge < -0.3 is 14.8 Å². The van der Waals surface area contributed by atoms with Gasteiger partial charge in [0, 0.05) is 24.1 Å². The smallest absolute Gasteiger partial charge is 0.340 e. The summed E-state index contributed by atoms with van der Waals surface area (Å²) in [4.78, 5) is 38.9. The molecule has 2 amide bonds. The van der Waals surface area contributed by atoms with Gasteiger partial charge in [0.15, 0.2) is 0 Å². The third-order valence-electron chi connectivity index (χ3n) is 5.12. The third kappa shape index (κ3) is 3.09. The number of para-hydroxylation sites is 1. The Balaban J connectivity index is 1.52. The van der Waals surface area contributed by atoms with Crippen LogP contribution in [0.15, 0.2) is 48.5 Å². The molecule has 2 aliphatic rings. The summed E-state index contributed by atoms with van der Waals surface area (Å²) in [5.74, 6) is -0.279. The molecule has 2 heterocycles. The van der Waals surface area contributed by atoms with Gasteiger partial charge in [0.05, 0.1) is 12.7 Å². The Morgan fingerprint density at radius 3 is 2.75 bits per heavy atom. The second-order valence-corrected chi connectivity index (χ2v) is 6.73. The minimum absolute atomic E-state index is 0.202. The van der Waals surface area contributed by atoms with Crippen LogP contribution < -0.4 is 10.1 Å². The number of nitrogens with one attached hydrogen (secondary N) is 1. The van der Waals surface area contributed by atoms with Crippen molar-refractivity contribution in [1.82, 2.24) is 10.2 Å². The van der Waals surface area contributed by atoms with Crippen LogP contribution in [0, 0.1) is 0 Å². The number of carbonyl (C=O) groups is 3. The highest BCUT2D eigenvalue weighted by Gasteiger charge is 2.46. The van der Waals surface area contributed by atoms with E-state index in [0.29, 0.717) is 23.3 Å². The summed E-state index contributed by atoms with van der Waals surface area (Å²) in [5.41, 5.74) is 1.89. The molecule has 1 fully saturated rings. The molecule has 144 valence electrons. The van der Waals surface area contributed by atoms with Crippen LogP contribution in [0.5, 0.6) is 5.75 Å². The average molecular weight is 380 g/mol. The van der Waals surface area contributed by atoms with Crippen LogP contribution in [-0.2, 0) is 20.9 Å². The van der Waals surface area contributed by atoms with Crippen LogP contribution in [0.2, 0.25) is 0 Å². The SMILES string of the molecule is COc1ccccc1CNC(=O)[C@@H]1CCC(=O)N1[C@H]1OC(=O)c2ccccc21. The van der Waals surface area contributed by atoms with E-state index in [-0.39, 0.29) is 24.8 Å². The number of ether oxygens (including phenoxy) is 2. The van der Waals surface area contributed by atoms with E-state index in [4.69, 9.17) is 9.47 Å². The third-order valence-corrected chi connectivity index (χ3v) is 5.12. The molecule has 0 bridgehead atoms. The van der Waals surface area contributed by atoms with Crippen molar-refractivity contribution >= 4 is 17.8 Å². The van der Waals surface area contributed by atoms with E-state index in [9.17, 15) is 14.4 Å². The second-order valence-electron chi connectivity index (χ2n) is 6.73. The molecular weight excluding hydrogens is 360 g/mol. The molecule has 1 N–H and O–H groups in total. The lowest BCUT2D eigenvalue weighted by molar-refractivity contribution is -0.145. The highest BCUT2D eigenvalue weighted by atomic mass is 16.6. The lowest BCUT2D eigenvalue weighted by Gasteiger charge is -2.29. The molecule has 0 aliphatic carbocycles. The van der Waals surface area contributed by atoms with Crippen molar-refractivity contribution in [3.8, 4) is 5.75 Å². The first-order valence-electron chi connectivity index (χ1n) is 9.11. The fourth-order valence-electron chi connectivity index (χ4n) is 3.74. The van der Waals surface area contributed by atoms with Crippen molar-refractivity contribution in [2.45, 2.75) is 31.7 Å². The minimum atomic E-state index is -0.860. The van der Waals surface area contributed by atoms with Crippen molar-refractivity contribution in [2.75, 3.05) is 7.11 Å². The number of benzene rings is 2. The normalized spacial score (nSPS) is 20.7. The Labute approximate surface area is 162 Å². The van der Waals surface area contributed by atoms with Crippen molar-refractivity contribution < 1.29 is 23.9 Å². The number of methoxy groups -OCH3 is 1. The maximum atomic E-state index is 12.8. The molecule has 2 aliphatic heterocycles. The monoisotopic (exact) mass is 380 g/mol. The molecule has 28 heavy (non-hydrogen) atoms. The average Bonchev–Trinajstić information content (AvgIpc) is 3.26. The van der Waals surface area contributed by atoms with Gasteiger partial charge in [-0.25, -0.2) is 4.79 Å². The molecule has 2 aromatic rings. The Bertz CT molecular complexity index is 942. The van der Waals surface area contributed by atoms with E-state index in [1.54, 1.807) is 31.4 Å². The molecule has 2 atom stereocenters. The van der Waals surface area contributed by atoms with Crippen molar-refractivity contribution in [3.63, 3.8) is 0 Å². The van der Waals surface area contributed by atoms with E-state index in [0.717, 1.165) is 5.56 Å². The first-order valence-corrected chi connectivity index (χ1v) is 9.11. The van der Waals surface area contributed by atoms with E-state index in [2.05, 4.69) is 5.32 Å². The number of cyclic esters (lactones) is 1. The van der Waals surface area contributed by atoms with Crippen LogP contribution in [-0.4, -0.2) is 35.8 Å². The Morgan fingerprint density at radius 2 is 1.93 bits per heavy atom. The molecule has 4 rings (SSSR count). The highest BCUT2D eigenvalue weighted by Crippen LogP contribution is 2.38. The molecule has 1 saturated heterocycles. The summed E-state index contributed by atoms with van der Waals surface area (Å²) in [7, 11) is 1.57. The zero-order valence-corrected chi connectivity index (χ0v) is 15.4. The van der Waals surface area contributed by atoms with E-state index in [1.165, 1.54) is 4.90 Å².